The zero-order chi connectivity index (χ0) is 10.4. The first-order valence-electron chi connectivity index (χ1n) is 3.78. The van der Waals surface area contributed by atoms with Crippen LogP contribution in [0.4, 0.5) is 4.79 Å². The molecule has 0 aromatic rings. The second kappa shape index (κ2) is 5.18. The van der Waals surface area contributed by atoms with Gasteiger partial charge in [-0.3, -0.25) is 4.79 Å². The van der Waals surface area contributed by atoms with Crippen molar-refractivity contribution in [2.45, 2.75) is 6.92 Å². The Bertz CT molecular complexity index is 224. The van der Waals surface area contributed by atoms with E-state index >= 15 is 0 Å². The van der Waals surface area contributed by atoms with E-state index in [1.54, 1.807) is 7.05 Å². The molecule has 0 atom stereocenters. The number of hydrogen-bond acceptors (Lipinski definition) is 3. The molecular formula is C8H13NO4. The van der Waals surface area contributed by atoms with Crippen molar-refractivity contribution in [2.75, 3.05) is 20.2 Å². The van der Waals surface area contributed by atoms with Crippen LogP contribution in [0.25, 0.3) is 0 Å². The molecule has 0 radical (unpaired) electrons. The van der Waals surface area contributed by atoms with Crippen LogP contribution in [0.5, 0.6) is 0 Å². The SMILES string of the molecule is C=C(COC(=O)O)C(=O)N(C)CC. The van der Waals surface area contributed by atoms with Crippen LogP contribution in [0.15, 0.2) is 12.2 Å². The Morgan fingerprint density at radius 1 is 1.54 bits per heavy atom. The smallest absolute Gasteiger partial charge is 0.450 e. The van der Waals surface area contributed by atoms with E-state index in [0.29, 0.717) is 6.54 Å². The third-order valence-electron chi connectivity index (χ3n) is 1.49. The molecule has 0 unspecified atom stereocenters. The summed E-state index contributed by atoms with van der Waals surface area (Å²) in [5, 5.41) is 8.15. The quantitative estimate of drug-likeness (QED) is 0.520. The fraction of sp³-hybridized carbons (Fsp3) is 0.500. The molecule has 0 spiro atoms. The van der Waals surface area contributed by atoms with Crippen molar-refractivity contribution in [1.82, 2.24) is 4.90 Å². The van der Waals surface area contributed by atoms with Gasteiger partial charge in [-0.05, 0) is 6.92 Å². The van der Waals surface area contributed by atoms with Crippen molar-refractivity contribution in [2.24, 2.45) is 0 Å². The summed E-state index contributed by atoms with van der Waals surface area (Å²) in [6, 6.07) is 0. The van der Waals surface area contributed by atoms with Gasteiger partial charge in [0.25, 0.3) is 5.91 Å². The second-order valence-corrected chi connectivity index (χ2v) is 2.48. The molecule has 0 aromatic heterocycles. The zero-order valence-electron chi connectivity index (χ0n) is 7.74. The Hall–Kier alpha value is -1.52. The summed E-state index contributed by atoms with van der Waals surface area (Å²) in [6.45, 7) is 5.49. The van der Waals surface area contributed by atoms with Crippen LogP contribution in [0.3, 0.4) is 0 Å². The number of nitrogens with zero attached hydrogens (tertiary/aromatic N) is 1. The minimum atomic E-state index is -1.41. The zero-order valence-corrected chi connectivity index (χ0v) is 7.74. The Morgan fingerprint density at radius 2 is 2.08 bits per heavy atom. The van der Waals surface area contributed by atoms with Crippen LogP contribution in [0, 0.1) is 0 Å². The molecule has 0 aliphatic rings. The van der Waals surface area contributed by atoms with Crippen LogP contribution in [-0.4, -0.2) is 42.3 Å². The summed E-state index contributed by atoms with van der Waals surface area (Å²) in [6.07, 6.45) is -1.41. The first kappa shape index (κ1) is 11.5. The number of ether oxygens (including phenoxy) is 1. The van der Waals surface area contributed by atoms with E-state index in [4.69, 9.17) is 5.11 Å². The number of carbonyl (C=O) groups is 2. The van der Waals surface area contributed by atoms with Gasteiger partial charge >= 0.3 is 6.16 Å². The van der Waals surface area contributed by atoms with Gasteiger partial charge in [0.15, 0.2) is 0 Å². The summed E-state index contributed by atoms with van der Waals surface area (Å²) in [4.78, 5) is 22.6. The Balaban J connectivity index is 3.97. The van der Waals surface area contributed by atoms with Gasteiger partial charge in [-0.2, -0.15) is 0 Å². The predicted octanol–water partition coefficient (Wildman–Crippen LogP) is 0.716. The molecular weight excluding hydrogens is 174 g/mol. The summed E-state index contributed by atoms with van der Waals surface area (Å²) in [5.74, 6) is -0.302. The third kappa shape index (κ3) is 4.15. The van der Waals surface area contributed by atoms with Crippen LogP contribution in [0.2, 0.25) is 0 Å². The molecule has 13 heavy (non-hydrogen) atoms. The highest BCUT2D eigenvalue weighted by Gasteiger charge is 2.12. The number of rotatable bonds is 4. The average molecular weight is 187 g/mol. The van der Waals surface area contributed by atoms with Gasteiger partial charge in [-0.15, -0.1) is 0 Å². The van der Waals surface area contributed by atoms with Crippen molar-refractivity contribution < 1.29 is 19.4 Å². The number of carboxylic acid groups (broad SMARTS) is 1. The van der Waals surface area contributed by atoms with Crippen molar-refractivity contribution in [3.63, 3.8) is 0 Å². The Kier molecular flexibility index (Phi) is 4.58. The van der Waals surface area contributed by atoms with Gasteiger partial charge in [0, 0.05) is 19.2 Å². The summed E-state index contributed by atoms with van der Waals surface area (Å²) in [7, 11) is 1.61. The number of carbonyl (C=O) groups excluding carboxylic acids is 1. The van der Waals surface area contributed by atoms with Gasteiger partial charge < -0.3 is 14.7 Å². The van der Waals surface area contributed by atoms with Crippen molar-refractivity contribution in [1.29, 1.82) is 0 Å². The first-order valence-corrected chi connectivity index (χ1v) is 3.78. The largest absolute Gasteiger partial charge is 0.506 e. The molecule has 74 valence electrons. The lowest BCUT2D eigenvalue weighted by molar-refractivity contribution is -0.126. The molecule has 5 nitrogen and oxygen atoms in total. The summed E-state index contributed by atoms with van der Waals surface area (Å²) in [5.41, 5.74) is 0.131. The standard InChI is InChI=1S/C8H13NO4/c1-4-9(3)7(10)6(2)5-13-8(11)12/h2,4-5H2,1,3H3,(H,11,12). The van der Waals surface area contributed by atoms with E-state index in [1.165, 1.54) is 4.90 Å². The van der Waals surface area contributed by atoms with Gasteiger partial charge in [0.1, 0.15) is 6.61 Å². The highest BCUT2D eigenvalue weighted by Crippen LogP contribution is 1.98. The highest BCUT2D eigenvalue weighted by atomic mass is 16.7. The lowest BCUT2D eigenvalue weighted by Crippen LogP contribution is -2.29. The van der Waals surface area contributed by atoms with Crippen LogP contribution < -0.4 is 0 Å². The molecule has 0 bridgehead atoms. The molecule has 0 fully saturated rings. The number of hydrogen-bond donors (Lipinski definition) is 1. The molecule has 0 aromatic carbocycles. The summed E-state index contributed by atoms with van der Waals surface area (Å²) < 4.78 is 4.19. The molecule has 5 heteroatoms. The topological polar surface area (TPSA) is 66.8 Å². The van der Waals surface area contributed by atoms with Gasteiger partial charge in [-0.25, -0.2) is 4.79 Å². The van der Waals surface area contributed by atoms with Crippen LogP contribution in [-0.2, 0) is 9.53 Å². The number of likely N-dealkylation sites (N-methyl/N-ethyl adjacent to an activating group) is 1. The van der Waals surface area contributed by atoms with Crippen LogP contribution >= 0.6 is 0 Å². The van der Waals surface area contributed by atoms with Gasteiger partial charge in [0.2, 0.25) is 0 Å². The molecule has 0 saturated heterocycles. The van der Waals surface area contributed by atoms with Gasteiger partial charge in [-0.1, -0.05) is 6.58 Å². The summed E-state index contributed by atoms with van der Waals surface area (Å²) >= 11 is 0. The minimum absolute atomic E-state index is 0.131. The monoisotopic (exact) mass is 187 g/mol. The molecule has 1 N–H and O–H groups in total. The molecule has 0 aliphatic carbocycles. The van der Waals surface area contributed by atoms with Crippen molar-refractivity contribution in [3.8, 4) is 0 Å². The van der Waals surface area contributed by atoms with Crippen LogP contribution in [0.1, 0.15) is 6.92 Å². The molecule has 1 amide bonds. The van der Waals surface area contributed by atoms with E-state index < -0.39 is 6.16 Å². The highest BCUT2D eigenvalue weighted by molar-refractivity contribution is 5.93. The maximum atomic E-state index is 11.2. The first-order chi connectivity index (χ1) is 5.99. The second-order valence-electron chi connectivity index (χ2n) is 2.48. The van der Waals surface area contributed by atoms with E-state index in [-0.39, 0.29) is 18.1 Å². The Morgan fingerprint density at radius 3 is 2.46 bits per heavy atom. The van der Waals surface area contributed by atoms with E-state index in [9.17, 15) is 9.59 Å². The molecule has 0 aliphatic heterocycles. The van der Waals surface area contributed by atoms with Gasteiger partial charge in [0.05, 0.1) is 0 Å². The molecule has 0 saturated carbocycles. The minimum Gasteiger partial charge on any atom is -0.450 e. The average Bonchev–Trinajstić information content (AvgIpc) is 2.11. The fourth-order valence-corrected chi connectivity index (χ4v) is 0.624. The maximum absolute atomic E-state index is 11.2. The Labute approximate surface area is 76.6 Å². The van der Waals surface area contributed by atoms with E-state index in [1.807, 2.05) is 6.92 Å². The van der Waals surface area contributed by atoms with E-state index in [0.717, 1.165) is 0 Å². The maximum Gasteiger partial charge on any atom is 0.506 e. The van der Waals surface area contributed by atoms with Crippen molar-refractivity contribution in [3.05, 3.63) is 12.2 Å². The lowest BCUT2D eigenvalue weighted by Gasteiger charge is -2.15. The fourth-order valence-electron chi connectivity index (χ4n) is 0.624. The number of amides is 1. The van der Waals surface area contributed by atoms with E-state index in [2.05, 4.69) is 11.3 Å². The third-order valence-corrected chi connectivity index (χ3v) is 1.49. The molecule has 0 rings (SSSR count). The van der Waals surface area contributed by atoms with Crippen molar-refractivity contribution >= 4 is 12.1 Å². The predicted molar refractivity (Wildman–Crippen MR) is 46.4 cm³/mol. The normalized spacial score (nSPS) is 9.08. The lowest BCUT2D eigenvalue weighted by atomic mass is 10.3. The molecule has 0 heterocycles.